The van der Waals surface area contributed by atoms with Crippen LogP contribution < -0.4 is 10.0 Å². The summed E-state index contributed by atoms with van der Waals surface area (Å²) < 4.78 is 24.8. The number of sulfonamides is 1. The molecule has 0 aliphatic carbocycles. The van der Waals surface area contributed by atoms with Crippen molar-refractivity contribution in [1.29, 1.82) is 0 Å². The molecule has 2 rings (SSSR count). The summed E-state index contributed by atoms with van der Waals surface area (Å²) in [4.78, 5) is 12.2. The van der Waals surface area contributed by atoms with Gasteiger partial charge in [-0.2, -0.15) is 4.72 Å². The van der Waals surface area contributed by atoms with Crippen LogP contribution >= 0.6 is 34.8 Å². The fourth-order valence-corrected chi connectivity index (χ4v) is 3.52. The van der Waals surface area contributed by atoms with Crippen molar-refractivity contribution in [1.82, 2.24) is 10.0 Å². The molecule has 1 atom stereocenters. The summed E-state index contributed by atoms with van der Waals surface area (Å²) in [5.74, 6) is -0.581. The number of benzene rings is 2. The maximum Gasteiger partial charge on any atom is 0.252 e. The lowest BCUT2D eigenvalue weighted by molar-refractivity contribution is 0.0935. The molecule has 0 fully saturated rings. The lowest BCUT2D eigenvalue weighted by atomic mass is 10.2. The minimum absolute atomic E-state index is 0.0155. The molecule has 9 heteroatoms. The standard InChI is InChI=1S/C15H13Cl3N2O3S/c16-15(17,18)14(19-13(21)11-7-3-1-4-8-11)20-24(22,23)12-9-5-2-6-10-12/h1-10,14,20H,(H,19,21). The SMILES string of the molecule is O=C(NC(NS(=O)(=O)c1ccccc1)C(Cl)(Cl)Cl)c1ccccc1. The molecule has 0 aliphatic rings. The third kappa shape index (κ3) is 5.09. The first-order valence-electron chi connectivity index (χ1n) is 6.70. The summed E-state index contributed by atoms with van der Waals surface area (Å²) in [5, 5.41) is 2.37. The van der Waals surface area contributed by atoms with Gasteiger partial charge in [-0.05, 0) is 24.3 Å². The fourth-order valence-electron chi connectivity index (χ4n) is 1.80. The molecule has 0 saturated heterocycles. The highest BCUT2D eigenvalue weighted by atomic mass is 35.6. The number of amides is 1. The number of carbonyl (C=O) groups excluding carboxylic acids is 1. The first kappa shape index (κ1) is 19.0. The number of carbonyl (C=O) groups is 1. The van der Waals surface area contributed by atoms with Crippen molar-refractivity contribution in [3.05, 3.63) is 66.2 Å². The van der Waals surface area contributed by atoms with Crippen LogP contribution in [0.5, 0.6) is 0 Å². The van der Waals surface area contributed by atoms with Crippen LogP contribution in [-0.4, -0.2) is 24.3 Å². The van der Waals surface area contributed by atoms with Gasteiger partial charge in [0, 0.05) is 5.56 Å². The Morgan fingerprint density at radius 1 is 0.917 bits per heavy atom. The Balaban J connectivity index is 2.23. The zero-order chi connectivity index (χ0) is 17.8. The van der Waals surface area contributed by atoms with Gasteiger partial charge in [-0.1, -0.05) is 71.2 Å². The van der Waals surface area contributed by atoms with Gasteiger partial charge >= 0.3 is 0 Å². The van der Waals surface area contributed by atoms with Crippen molar-refractivity contribution in [2.24, 2.45) is 0 Å². The Morgan fingerprint density at radius 2 is 1.42 bits per heavy atom. The summed E-state index contributed by atoms with van der Waals surface area (Å²) in [6.45, 7) is 0. The Bertz CT molecular complexity index is 794. The molecular weight excluding hydrogens is 395 g/mol. The highest BCUT2D eigenvalue weighted by Crippen LogP contribution is 2.30. The van der Waals surface area contributed by atoms with E-state index in [9.17, 15) is 13.2 Å². The van der Waals surface area contributed by atoms with Crippen LogP contribution in [-0.2, 0) is 10.0 Å². The molecule has 0 radical (unpaired) electrons. The first-order valence-corrected chi connectivity index (χ1v) is 9.32. The van der Waals surface area contributed by atoms with Gasteiger partial charge in [-0.3, -0.25) is 4.79 Å². The second-order valence-electron chi connectivity index (χ2n) is 4.75. The number of hydrogen-bond donors (Lipinski definition) is 2. The van der Waals surface area contributed by atoms with Crippen molar-refractivity contribution >= 4 is 50.7 Å². The number of hydrogen-bond acceptors (Lipinski definition) is 3. The highest BCUT2D eigenvalue weighted by molar-refractivity contribution is 7.89. The molecule has 1 amide bonds. The molecule has 0 saturated carbocycles. The zero-order valence-electron chi connectivity index (χ0n) is 12.1. The Kier molecular flexibility index (Phi) is 6.11. The van der Waals surface area contributed by atoms with Crippen LogP contribution in [0.4, 0.5) is 0 Å². The van der Waals surface area contributed by atoms with E-state index in [0.29, 0.717) is 5.56 Å². The van der Waals surface area contributed by atoms with E-state index in [1.807, 2.05) is 0 Å². The minimum atomic E-state index is -3.99. The maximum absolute atomic E-state index is 12.4. The molecule has 0 aliphatic heterocycles. The van der Waals surface area contributed by atoms with Crippen LogP contribution in [0.1, 0.15) is 10.4 Å². The molecule has 24 heavy (non-hydrogen) atoms. The Morgan fingerprint density at radius 3 is 1.92 bits per heavy atom. The first-order chi connectivity index (χ1) is 11.2. The van der Waals surface area contributed by atoms with Crippen molar-refractivity contribution in [2.45, 2.75) is 14.9 Å². The lowest BCUT2D eigenvalue weighted by Gasteiger charge is -2.26. The predicted octanol–water partition coefficient (Wildman–Crippen LogP) is 3.09. The lowest BCUT2D eigenvalue weighted by Crippen LogP contribution is -2.55. The van der Waals surface area contributed by atoms with E-state index in [2.05, 4.69) is 10.0 Å². The average molecular weight is 408 g/mol. The number of halogens is 3. The molecular formula is C15H13Cl3N2O3S. The van der Waals surface area contributed by atoms with E-state index in [1.54, 1.807) is 48.5 Å². The van der Waals surface area contributed by atoms with E-state index in [1.165, 1.54) is 12.1 Å². The van der Waals surface area contributed by atoms with E-state index < -0.39 is 25.9 Å². The number of alkyl halides is 3. The maximum atomic E-state index is 12.4. The predicted molar refractivity (Wildman–Crippen MR) is 94.7 cm³/mol. The third-order valence-corrected chi connectivity index (χ3v) is 5.06. The van der Waals surface area contributed by atoms with Gasteiger partial charge in [0.25, 0.3) is 5.91 Å². The Labute approximate surface area is 155 Å². The number of rotatable bonds is 5. The highest BCUT2D eigenvalue weighted by Gasteiger charge is 2.37. The summed E-state index contributed by atoms with van der Waals surface area (Å²) in [6.07, 6.45) is -1.46. The molecule has 5 nitrogen and oxygen atoms in total. The van der Waals surface area contributed by atoms with Gasteiger partial charge in [0.15, 0.2) is 0 Å². The van der Waals surface area contributed by atoms with Crippen LogP contribution in [0.15, 0.2) is 65.6 Å². The molecule has 2 N–H and O–H groups in total. The van der Waals surface area contributed by atoms with Crippen molar-refractivity contribution in [2.75, 3.05) is 0 Å². The summed E-state index contributed by atoms with van der Waals surface area (Å²) in [7, 11) is -3.99. The monoisotopic (exact) mass is 406 g/mol. The van der Waals surface area contributed by atoms with Crippen molar-refractivity contribution in [3.8, 4) is 0 Å². The van der Waals surface area contributed by atoms with E-state index in [-0.39, 0.29) is 4.90 Å². The topological polar surface area (TPSA) is 75.3 Å². The van der Waals surface area contributed by atoms with Crippen LogP contribution in [0.2, 0.25) is 0 Å². The molecule has 0 heterocycles. The average Bonchev–Trinajstić information content (AvgIpc) is 2.55. The van der Waals surface area contributed by atoms with Crippen molar-refractivity contribution < 1.29 is 13.2 Å². The smallest absolute Gasteiger partial charge is 0.252 e. The summed E-state index contributed by atoms with van der Waals surface area (Å²) in [5.41, 5.74) is 0.302. The van der Waals surface area contributed by atoms with E-state index in [0.717, 1.165) is 0 Å². The summed E-state index contributed by atoms with van der Waals surface area (Å²) >= 11 is 17.4. The number of nitrogens with one attached hydrogen (secondary N) is 2. The van der Waals surface area contributed by atoms with Gasteiger partial charge < -0.3 is 5.32 Å². The molecule has 2 aromatic rings. The third-order valence-electron chi connectivity index (χ3n) is 2.97. The largest absolute Gasteiger partial charge is 0.332 e. The van der Waals surface area contributed by atoms with Crippen LogP contribution in [0, 0.1) is 0 Å². The molecule has 128 valence electrons. The van der Waals surface area contributed by atoms with Gasteiger partial charge in [-0.15, -0.1) is 0 Å². The second kappa shape index (κ2) is 7.72. The normalized spacial score (nSPS) is 13.3. The molecule has 1 unspecified atom stereocenters. The molecule has 2 aromatic carbocycles. The van der Waals surface area contributed by atoms with Gasteiger partial charge in [0.1, 0.15) is 6.17 Å². The summed E-state index contributed by atoms with van der Waals surface area (Å²) in [6, 6.07) is 15.7. The quantitative estimate of drug-likeness (QED) is 0.591. The van der Waals surface area contributed by atoms with Crippen molar-refractivity contribution in [3.63, 3.8) is 0 Å². The van der Waals surface area contributed by atoms with Gasteiger partial charge in [-0.25, -0.2) is 8.42 Å². The van der Waals surface area contributed by atoms with Crippen LogP contribution in [0.3, 0.4) is 0 Å². The van der Waals surface area contributed by atoms with Crippen LogP contribution in [0.25, 0.3) is 0 Å². The zero-order valence-corrected chi connectivity index (χ0v) is 15.2. The Hall–Kier alpha value is -1.31. The minimum Gasteiger partial charge on any atom is -0.332 e. The molecule has 0 aromatic heterocycles. The van der Waals surface area contributed by atoms with Gasteiger partial charge in [0.2, 0.25) is 13.8 Å². The second-order valence-corrected chi connectivity index (χ2v) is 8.83. The molecule has 0 spiro atoms. The van der Waals surface area contributed by atoms with E-state index >= 15 is 0 Å². The van der Waals surface area contributed by atoms with E-state index in [4.69, 9.17) is 34.8 Å². The fraction of sp³-hybridized carbons (Fsp3) is 0.133. The molecule has 0 bridgehead atoms. The van der Waals surface area contributed by atoms with Gasteiger partial charge in [0.05, 0.1) is 4.90 Å².